The highest BCUT2D eigenvalue weighted by molar-refractivity contribution is 8.00. The molecule has 0 heterocycles. The molecule has 0 radical (unpaired) electrons. The molecule has 0 aromatic heterocycles. The fourth-order valence-electron chi connectivity index (χ4n) is 2.43. The van der Waals surface area contributed by atoms with Gasteiger partial charge in [-0.2, -0.15) is 0 Å². The third-order valence-corrected chi connectivity index (χ3v) is 4.91. The van der Waals surface area contributed by atoms with Crippen molar-refractivity contribution in [3.8, 4) is 5.75 Å². The summed E-state index contributed by atoms with van der Waals surface area (Å²) < 4.78 is 5.13. The molecule has 1 fully saturated rings. The van der Waals surface area contributed by atoms with Crippen molar-refractivity contribution < 1.29 is 14.7 Å². The zero-order valence-electron chi connectivity index (χ0n) is 11.3. The number of carbonyl (C=O) groups is 1. The summed E-state index contributed by atoms with van der Waals surface area (Å²) in [6.07, 6.45) is 3.71. The van der Waals surface area contributed by atoms with Gasteiger partial charge in [-0.15, -0.1) is 0 Å². The maximum Gasteiger partial charge on any atom is 0.244 e. The van der Waals surface area contributed by atoms with E-state index in [1.807, 2.05) is 24.3 Å². The molecule has 0 aliphatic heterocycles. The van der Waals surface area contributed by atoms with Crippen LogP contribution in [0.25, 0.3) is 0 Å². The number of amides is 1. The summed E-state index contributed by atoms with van der Waals surface area (Å²) in [5.41, 5.74) is 0. The summed E-state index contributed by atoms with van der Waals surface area (Å²) in [6, 6.07) is 7.69. The van der Waals surface area contributed by atoms with Gasteiger partial charge in [0.2, 0.25) is 5.91 Å². The van der Waals surface area contributed by atoms with Crippen molar-refractivity contribution in [3.05, 3.63) is 24.3 Å². The highest BCUT2D eigenvalue weighted by Gasteiger charge is 2.42. The van der Waals surface area contributed by atoms with Crippen molar-refractivity contribution in [1.82, 2.24) is 5.06 Å². The standard InChI is InChI=1S/C14H19NO3S/c1-11(16)15(17)14(9-3-4-10-14)19-13-7-5-12(18-2)6-8-13/h5-8,17H,3-4,9-10H2,1-2H3. The van der Waals surface area contributed by atoms with E-state index in [1.165, 1.54) is 6.92 Å². The molecule has 1 amide bonds. The van der Waals surface area contributed by atoms with Gasteiger partial charge in [-0.25, -0.2) is 5.06 Å². The van der Waals surface area contributed by atoms with Crippen LogP contribution in [0.3, 0.4) is 0 Å². The average Bonchev–Trinajstić information content (AvgIpc) is 2.88. The topological polar surface area (TPSA) is 49.8 Å². The maximum atomic E-state index is 11.5. The predicted octanol–water partition coefficient (Wildman–Crippen LogP) is 3.30. The van der Waals surface area contributed by atoms with E-state index in [9.17, 15) is 10.0 Å². The van der Waals surface area contributed by atoms with Crippen molar-refractivity contribution >= 4 is 17.7 Å². The van der Waals surface area contributed by atoms with E-state index in [0.717, 1.165) is 41.4 Å². The van der Waals surface area contributed by atoms with E-state index in [1.54, 1.807) is 18.9 Å². The molecule has 1 saturated carbocycles. The normalized spacial score (nSPS) is 17.2. The van der Waals surface area contributed by atoms with E-state index < -0.39 is 4.87 Å². The van der Waals surface area contributed by atoms with Crippen LogP contribution in [0.5, 0.6) is 5.75 Å². The Kier molecular flexibility index (Phi) is 4.37. The molecule has 5 heteroatoms. The smallest absolute Gasteiger partial charge is 0.244 e. The minimum absolute atomic E-state index is 0.303. The Morgan fingerprint density at radius 2 is 1.89 bits per heavy atom. The lowest BCUT2D eigenvalue weighted by Crippen LogP contribution is -2.44. The molecule has 19 heavy (non-hydrogen) atoms. The van der Waals surface area contributed by atoms with Crippen LogP contribution in [0.15, 0.2) is 29.2 Å². The molecule has 0 saturated heterocycles. The summed E-state index contributed by atoms with van der Waals surface area (Å²) in [5, 5.41) is 11.0. The molecule has 0 unspecified atom stereocenters. The monoisotopic (exact) mass is 281 g/mol. The molecule has 0 spiro atoms. The van der Waals surface area contributed by atoms with Gasteiger partial charge in [-0.05, 0) is 37.1 Å². The predicted molar refractivity (Wildman–Crippen MR) is 74.4 cm³/mol. The van der Waals surface area contributed by atoms with Gasteiger partial charge in [-0.1, -0.05) is 24.6 Å². The zero-order valence-corrected chi connectivity index (χ0v) is 12.1. The first-order valence-electron chi connectivity index (χ1n) is 6.40. The number of ether oxygens (including phenoxy) is 1. The number of hydrogen-bond donors (Lipinski definition) is 1. The van der Waals surface area contributed by atoms with Crippen LogP contribution in [0.1, 0.15) is 32.6 Å². The van der Waals surface area contributed by atoms with Crippen molar-refractivity contribution in [2.45, 2.75) is 42.4 Å². The number of nitrogens with zero attached hydrogens (tertiary/aromatic N) is 1. The quantitative estimate of drug-likeness (QED) is 0.522. The second kappa shape index (κ2) is 5.84. The molecule has 1 N–H and O–H groups in total. The number of carbonyl (C=O) groups excluding carboxylic acids is 1. The molecule has 1 aliphatic rings. The summed E-state index contributed by atoms with van der Waals surface area (Å²) in [5.74, 6) is 0.500. The zero-order chi connectivity index (χ0) is 13.9. The van der Waals surface area contributed by atoms with E-state index in [4.69, 9.17) is 4.74 Å². The van der Waals surface area contributed by atoms with Gasteiger partial charge >= 0.3 is 0 Å². The Labute approximate surface area is 117 Å². The fraction of sp³-hybridized carbons (Fsp3) is 0.500. The van der Waals surface area contributed by atoms with Crippen LogP contribution in [-0.4, -0.2) is 28.2 Å². The molecule has 4 nitrogen and oxygen atoms in total. The minimum Gasteiger partial charge on any atom is -0.497 e. The molecule has 0 bridgehead atoms. The fourth-order valence-corrected chi connectivity index (χ4v) is 3.85. The lowest BCUT2D eigenvalue weighted by molar-refractivity contribution is -0.177. The number of benzene rings is 1. The molecule has 1 aromatic rings. The van der Waals surface area contributed by atoms with Gasteiger partial charge in [0, 0.05) is 11.8 Å². The van der Waals surface area contributed by atoms with Crippen molar-refractivity contribution in [3.63, 3.8) is 0 Å². The van der Waals surface area contributed by atoms with Crippen molar-refractivity contribution in [2.75, 3.05) is 7.11 Å². The second-order valence-corrected chi connectivity index (χ2v) is 6.20. The Bertz CT molecular complexity index is 441. The Hall–Kier alpha value is -1.20. The SMILES string of the molecule is COc1ccc(SC2(N(O)C(C)=O)CCCC2)cc1. The first-order valence-corrected chi connectivity index (χ1v) is 7.22. The largest absolute Gasteiger partial charge is 0.497 e. The summed E-state index contributed by atoms with van der Waals surface area (Å²) in [6.45, 7) is 1.40. The molecule has 2 rings (SSSR count). The average molecular weight is 281 g/mol. The van der Waals surface area contributed by atoms with Crippen LogP contribution < -0.4 is 4.74 Å². The highest BCUT2D eigenvalue weighted by Crippen LogP contribution is 2.47. The number of hydrogen-bond acceptors (Lipinski definition) is 4. The number of thioether (sulfide) groups is 1. The Morgan fingerprint density at radius 1 is 1.32 bits per heavy atom. The van der Waals surface area contributed by atoms with E-state index >= 15 is 0 Å². The van der Waals surface area contributed by atoms with Gasteiger partial charge < -0.3 is 4.74 Å². The highest BCUT2D eigenvalue weighted by atomic mass is 32.2. The van der Waals surface area contributed by atoms with Crippen LogP contribution in [-0.2, 0) is 4.79 Å². The van der Waals surface area contributed by atoms with Crippen LogP contribution >= 0.6 is 11.8 Å². The Balaban J connectivity index is 2.18. The van der Waals surface area contributed by atoms with Gasteiger partial charge in [0.25, 0.3) is 0 Å². The van der Waals surface area contributed by atoms with Gasteiger partial charge in [0.05, 0.1) is 7.11 Å². The Morgan fingerprint density at radius 3 is 2.37 bits per heavy atom. The maximum absolute atomic E-state index is 11.5. The van der Waals surface area contributed by atoms with Gasteiger partial charge in [-0.3, -0.25) is 10.0 Å². The first kappa shape index (κ1) is 14.2. The molecule has 104 valence electrons. The summed E-state index contributed by atoms with van der Waals surface area (Å²) in [7, 11) is 1.63. The lowest BCUT2D eigenvalue weighted by Gasteiger charge is -2.35. The number of rotatable bonds is 4. The van der Waals surface area contributed by atoms with E-state index in [0.29, 0.717) is 0 Å². The molecule has 1 aliphatic carbocycles. The molecule has 1 aromatic carbocycles. The van der Waals surface area contributed by atoms with Gasteiger partial charge in [0.1, 0.15) is 10.6 Å². The van der Waals surface area contributed by atoms with Crippen molar-refractivity contribution in [2.24, 2.45) is 0 Å². The first-order chi connectivity index (χ1) is 9.07. The van der Waals surface area contributed by atoms with Gasteiger partial charge in [0.15, 0.2) is 0 Å². The molecular weight excluding hydrogens is 262 g/mol. The number of methoxy groups -OCH3 is 1. The number of hydroxylamine groups is 2. The summed E-state index contributed by atoms with van der Waals surface area (Å²) in [4.78, 5) is 12.0. The third-order valence-electron chi connectivity index (χ3n) is 3.44. The third kappa shape index (κ3) is 3.04. The van der Waals surface area contributed by atoms with Crippen molar-refractivity contribution in [1.29, 1.82) is 0 Å². The van der Waals surface area contributed by atoms with E-state index in [-0.39, 0.29) is 5.91 Å². The molecule has 0 atom stereocenters. The second-order valence-electron chi connectivity index (χ2n) is 4.76. The van der Waals surface area contributed by atoms with E-state index in [2.05, 4.69) is 0 Å². The van der Waals surface area contributed by atoms with Crippen LogP contribution in [0.4, 0.5) is 0 Å². The van der Waals surface area contributed by atoms with Crippen LogP contribution in [0, 0.1) is 0 Å². The molecular formula is C14H19NO3S. The summed E-state index contributed by atoms with van der Waals surface area (Å²) >= 11 is 1.55. The minimum atomic E-state index is -0.513. The lowest BCUT2D eigenvalue weighted by atomic mass is 10.2. The van der Waals surface area contributed by atoms with Crippen LogP contribution in [0.2, 0.25) is 0 Å².